The maximum atomic E-state index is 10.1. The number of aliphatic hydroxyl groups is 1. The molecule has 0 amide bonds. The number of phenols is 1. The fourth-order valence-electron chi connectivity index (χ4n) is 1.25. The third-order valence-electron chi connectivity index (χ3n) is 2.64. The van der Waals surface area contributed by atoms with Crippen molar-refractivity contribution in [3.8, 4) is 5.75 Å². The van der Waals surface area contributed by atoms with Crippen LogP contribution in [-0.2, 0) is 0 Å². The molecule has 15 heavy (non-hydrogen) atoms. The number of hydrogen-bond acceptors (Lipinski definition) is 3. The SMILES string of the molecule is CCC(O)(CC)CSc1cccc(O)c1. The highest BCUT2D eigenvalue weighted by atomic mass is 32.2. The highest BCUT2D eigenvalue weighted by Crippen LogP contribution is 2.28. The van der Waals surface area contributed by atoms with E-state index in [1.165, 1.54) is 0 Å². The molecule has 1 rings (SSSR count). The van der Waals surface area contributed by atoms with Gasteiger partial charge in [0.05, 0.1) is 5.60 Å². The van der Waals surface area contributed by atoms with Gasteiger partial charge in [-0.2, -0.15) is 0 Å². The predicted octanol–water partition coefficient (Wildman–Crippen LogP) is 3.04. The van der Waals surface area contributed by atoms with E-state index in [0.717, 1.165) is 17.7 Å². The molecule has 0 heterocycles. The molecule has 0 aliphatic rings. The highest BCUT2D eigenvalue weighted by molar-refractivity contribution is 7.99. The van der Waals surface area contributed by atoms with E-state index in [1.807, 2.05) is 26.0 Å². The van der Waals surface area contributed by atoms with Gasteiger partial charge in [-0.3, -0.25) is 0 Å². The summed E-state index contributed by atoms with van der Waals surface area (Å²) >= 11 is 1.58. The van der Waals surface area contributed by atoms with Crippen LogP contribution in [0.15, 0.2) is 29.2 Å². The first kappa shape index (κ1) is 12.4. The first-order chi connectivity index (χ1) is 7.09. The molecule has 0 fully saturated rings. The van der Waals surface area contributed by atoms with E-state index in [0.29, 0.717) is 5.75 Å². The maximum Gasteiger partial charge on any atom is 0.116 e. The summed E-state index contributed by atoms with van der Waals surface area (Å²) in [6.07, 6.45) is 1.52. The van der Waals surface area contributed by atoms with Crippen molar-refractivity contribution in [2.24, 2.45) is 0 Å². The van der Waals surface area contributed by atoms with Crippen LogP contribution in [0.1, 0.15) is 26.7 Å². The lowest BCUT2D eigenvalue weighted by molar-refractivity contribution is 0.0572. The van der Waals surface area contributed by atoms with Crippen LogP contribution in [0.2, 0.25) is 0 Å². The van der Waals surface area contributed by atoms with Gasteiger partial charge in [0.25, 0.3) is 0 Å². The van der Waals surface area contributed by atoms with Crippen molar-refractivity contribution in [3.63, 3.8) is 0 Å². The van der Waals surface area contributed by atoms with E-state index < -0.39 is 5.60 Å². The Morgan fingerprint density at radius 2 is 1.93 bits per heavy atom. The van der Waals surface area contributed by atoms with Crippen LogP contribution in [0.5, 0.6) is 5.75 Å². The molecule has 0 saturated carbocycles. The van der Waals surface area contributed by atoms with Gasteiger partial charge in [0.15, 0.2) is 0 Å². The van der Waals surface area contributed by atoms with Crippen molar-refractivity contribution in [2.45, 2.75) is 37.2 Å². The Balaban J connectivity index is 2.56. The molecule has 84 valence electrons. The first-order valence-corrected chi connectivity index (χ1v) is 6.22. The molecule has 0 aliphatic heterocycles. The highest BCUT2D eigenvalue weighted by Gasteiger charge is 2.22. The second kappa shape index (κ2) is 5.42. The van der Waals surface area contributed by atoms with Crippen molar-refractivity contribution in [3.05, 3.63) is 24.3 Å². The van der Waals surface area contributed by atoms with Gasteiger partial charge in [0, 0.05) is 10.6 Å². The third-order valence-corrected chi connectivity index (χ3v) is 3.91. The molecule has 0 aromatic heterocycles. The average Bonchev–Trinajstić information content (AvgIpc) is 2.26. The summed E-state index contributed by atoms with van der Waals surface area (Å²) in [4.78, 5) is 0.996. The van der Waals surface area contributed by atoms with Crippen molar-refractivity contribution < 1.29 is 10.2 Å². The Morgan fingerprint density at radius 1 is 1.27 bits per heavy atom. The molecule has 0 atom stereocenters. The standard InChI is InChI=1S/C12H18O2S/c1-3-12(14,4-2)9-15-11-7-5-6-10(13)8-11/h5-8,13-14H,3-4,9H2,1-2H3. The van der Waals surface area contributed by atoms with Crippen molar-refractivity contribution in [1.82, 2.24) is 0 Å². The van der Waals surface area contributed by atoms with Gasteiger partial charge in [0.2, 0.25) is 0 Å². The van der Waals surface area contributed by atoms with E-state index in [9.17, 15) is 10.2 Å². The van der Waals surface area contributed by atoms with Gasteiger partial charge in [0.1, 0.15) is 5.75 Å². The number of benzene rings is 1. The zero-order chi connectivity index (χ0) is 11.3. The predicted molar refractivity (Wildman–Crippen MR) is 64.4 cm³/mol. The Bertz CT molecular complexity index is 308. The largest absolute Gasteiger partial charge is 0.508 e. The third kappa shape index (κ3) is 3.76. The Labute approximate surface area is 95.3 Å². The normalized spacial score (nSPS) is 11.7. The van der Waals surface area contributed by atoms with Crippen molar-refractivity contribution in [2.75, 3.05) is 5.75 Å². The minimum Gasteiger partial charge on any atom is -0.508 e. The Hall–Kier alpha value is -0.670. The molecule has 2 N–H and O–H groups in total. The Morgan fingerprint density at radius 3 is 2.47 bits per heavy atom. The molecular weight excluding hydrogens is 208 g/mol. The van der Waals surface area contributed by atoms with E-state index in [-0.39, 0.29) is 5.75 Å². The number of thioether (sulfide) groups is 1. The number of phenolic OH excluding ortho intramolecular Hbond substituents is 1. The fourth-order valence-corrected chi connectivity index (χ4v) is 2.47. The first-order valence-electron chi connectivity index (χ1n) is 5.24. The van der Waals surface area contributed by atoms with Gasteiger partial charge in [-0.05, 0) is 31.0 Å². The molecule has 0 unspecified atom stereocenters. The lowest BCUT2D eigenvalue weighted by atomic mass is 10.0. The monoisotopic (exact) mass is 226 g/mol. The smallest absolute Gasteiger partial charge is 0.116 e. The van der Waals surface area contributed by atoms with Gasteiger partial charge in [-0.25, -0.2) is 0 Å². The Kier molecular flexibility index (Phi) is 4.48. The topological polar surface area (TPSA) is 40.5 Å². The number of rotatable bonds is 5. The summed E-state index contributed by atoms with van der Waals surface area (Å²) in [5.41, 5.74) is -0.587. The lowest BCUT2D eigenvalue weighted by Crippen LogP contribution is -2.29. The summed E-state index contributed by atoms with van der Waals surface area (Å²) in [7, 11) is 0. The number of hydrogen-bond donors (Lipinski definition) is 2. The summed E-state index contributed by atoms with van der Waals surface area (Å²) in [6.45, 7) is 3.99. The number of aromatic hydroxyl groups is 1. The van der Waals surface area contributed by atoms with E-state index in [2.05, 4.69) is 0 Å². The molecule has 0 aliphatic carbocycles. The van der Waals surface area contributed by atoms with Crippen LogP contribution >= 0.6 is 11.8 Å². The second-order valence-corrected chi connectivity index (χ2v) is 4.77. The second-order valence-electron chi connectivity index (χ2n) is 3.72. The fraction of sp³-hybridized carbons (Fsp3) is 0.500. The average molecular weight is 226 g/mol. The molecule has 0 saturated heterocycles. The van der Waals surface area contributed by atoms with Gasteiger partial charge >= 0.3 is 0 Å². The summed E-state index contributed by atoms with van der Waals surface area (Å²) in [5.74, 6) is 0.945. The van der Waals surface area contributed by atoms with Crippen molar-refractivity contribution >= 4 is 11.8 Å². The van der Waals surface area contributed by atoms with Crippen LogP contribution in [0.4, 0.5) is 0 Å². The van der Waals surface area contributed by atoms with Crippen molar-refractivity contribution in [1.29, 1.82) is 0 Å². The van der Waals surface area contributed by atoms with Gasteiger partial charge in [-0.15, -0.1) is 11.8 Å². The summed E-state index contributed by atoms with van der Waals surface area (Å²) in [5, 5.41) is 19.4. The zero-order valence-electron chi connectivity index (χ0n) is 9.23. The maximum absolute atomic E-state index is 10.1. The van der Waals surface area contributed by atoms with Gasteiger partial charge in [-0.1, -0.05) is 19.9 Å². The van der Waals surface area contributed by atoms with Crippen LogP contribution in [0.3, 0.4) is 0 Å². The van der Waals surface area contributed by atoms with Crippen LogP contribution in [0.25, 0.3) is 0 Å². The molecule has 0 bridgehead atoms. The van der Waals surface area contributed by atoms with E-state index in [4.69, 9.17) is 0 Å². The van der Waals surface area contributed by atoms with Crippen LogP contribution < -0.4 is 0 Å². The minimum atomic E-state index is -0.587. The molecule has 1 aromatic rings. The molecule has 1 aromatic carbocycles. The van der Waals surface area contributed by atoms with Gasteiger partial charge < -0.3 is 10.2 Å². The van der Waals surface area contributed by atoms with E-state index in [1.54, 1.807) is 23.9 Å². The van der Waals surface area contributed by atoms with Crippen LogP contribution in [0, 0.1) is 0 Å². The lowest BCUT2D eigenvalue weighted by Gasteiger charge is -2.24. The summed E-state index contributed by atoms with van der Waals surface area (Å²) < 4.78 is 0. The van der Waals surface area contributed by atoms with E-state index >= 15 is 0 Å². The molecule has 0 radical (unpaired) electrons. The van der Waals surface area contributed by atoms with Crippen LogP contribution in [-0.4, -0.2) is 21.6 Å². The quantitative estimate of drug-likeness (QED) is 0.758. The summed E-state index contributed by atoms with van der Waals surface area (Å²) in [6, 6.07) is 7.12. The minimum absolute atomic E-state index is 0.275. The molecule has 0 spiro atoms. The molecular formula is C12H18O2S. The molecule has 3 heteroatoms. The molecule has 2 nitrogen and oxygen atoms in total. The zero-order valence-corrected chi connectivity index (χ0v) is 10.0.